The van der Waals surface area contributed by atoms with Crippen LogP contribution < -0.4 is 5.32 Å². The van der Waals surface area contributed by atoms with Crippen LogP contribution in [0.5, 0.6) is 0 Å². The normalized spacial score (nSPS) is 18.9. The number of carboxylic acids is 1. The lowest BCUT2D eigenvalue weighted by atomic mass is 10.2. The molecule has 0 bridgehead atoms. The molecule has 17 heavy (non-hydrogen) atoms. The Morgan fingerprint density at radius 1 is 1.59 bits per heavy atom. The monoisotopic (exact) mass is 262 g/mol. The SMILES string of the molecule is CC(O)C(NC(=O)CN1CSCC1=O)C(=O)O. The maximum absolute atomic E-state index is 11.5. The lowest BCUT2D eigenvalue weighted by molar-refractivity contribution is -0.145. The first kappa shape index (κ1) is 13.8. The molecule has 0 aliphatic carbocycles. The van der Waals surface area contributed by atoms with E-state index in [0.717, 1.165) is 0 Å². The number of rotatable bonds is 5. The Kier molecular flexibility index (Phi) is 4.76. The van der Waals surface area contributed by atoms with E-state index in [4.69, 9.17) is 10.2 Å². The topological polar surface area (TPSA) is 107 Å². The Morgan fingerprint density at radius 2 is 2.24 bits per heavy atom. The molecule has 1 saturated heterocycles. The van der Waals surface area contributed by atoms with E-state index < -0.39 is 24.0 Å². The minimum absolute atomic E-state index is 0.144. The van der Waals surface area contributed by atoms with Gasteiger partial charge in [-0.15, -0.1) is 11.8 Å². The van der Waals surface area contributed by atoms with Crippen LogP contribution in [0.25, 0.3) is 0 Å². The van der Waals surface area contributed by atoms with Crippen LogP contribution in [0.15, 0.2) is 0 Å². The molecule has 7 nitrogen and oxygen atoms in total. The molecule has 1 heterocycles. The average molecular weight is 262 g/mol. The molecule has 1 fully saturated rings. The molecule has 96 valence electrons. The van der Waals surface area contributed by atoms with E-state index in [9.17, 15) is 14.4 Å². The highest BCUT2D eigenvalue weighted by molar-refractivity contribution is 8.00. The molecular weight excluding hydrogens is 248 g/mol. The maximum Gasteiger partial charge on any atom is 0.328 e. The number of carboxylic acid groups (broad SMARTS) is 1. The summed E-state index contributed by atoms with van der Waals surface area (Å²) in [6.45, 7) is 1.10. The molecule has 2 atom stereocenters. The van der Waals surface area contributed by atoms with Crippen molar-refractivity contribution in [3.63, 3.8) is 0 Å². The van der Waals surface area contributed by atoms with Crippen LogP contribution in [-0.2, 0) is 14.4 Å². The Morgan fingerprint density at radius 3 is 2.65 bits per heavy atom. The lowest BCUT2D eigenvalue weighted by Gasteiger charge is -2.19. The molecule has 2 unspecified atom stereocenters. The average Bonchev–Trinajstić information content (AvgIpc) is 2.60. The molecule has 0 radical (unpaired) electrons. The van der Waals surface area contributed by atoms with Crippen LogP contribution in [-0.4, -0.2) is 63.2 Å². The number of thioether (sulfide) groups is 1. The third kappa shape index (κ3) is 3.90. The number of amides is 2. The maximum atomic E-state index is 11.5. The van der Waals surface area contributed by atoms with Gasteiger partial charge in [0.2, 0.25) is 11.8 Å². The van der Waals surface area contributed by atoms with Crippen molar-refractivity contribution in [3.8, 4) is 0 Å². The van der Waals surface area contributed by atoms with Gasteiger partial charge >= 0.3 is 5.97 Å². The highest BCUT2D eigenvalue weighted by Crippen LogP contribution is 2.13. The first-order chi connectivity index (χ1) is 7.91. The minimum atomic E-state index is -1.35. The molecule has 1 rings (SSSR count). The fourth-order valence-corrected chi connectivity index (χ4v) is 2.23. The number of carbonyl (C=O) groups excluding carboxylic acids is 2. The van der Waals surface area contributed by atoms with Crippen molar-refractivity contribution in [2.45, 2.75) is 19.1 Å². The van der Waals surface area contributed by atoms with Gasteiger partial charge in [-0.2, -0.15) is 0 Å². The number of carbonyl (C=O) groups is 3. The molecule has 3 N–H and O–H groups in total. The summed E-state index contributed by atoms with van der Waals surface area (Å²) in [6, 6.07) is -1.35. The summed E-state index contributed by atoms with van der Waals surface area (Å²) in [5.41, 5.74) is 0. The zero-order valence-corrected chi connectivity index (χ0v) is 10.1. The van der Waals surface area contributed by atoms with Gasteiger partial charge in [0.15, 0.2) is 6.04 Å². The summed E-state index contributed by atoms with van der Waals surface area (Å²) < 4.78 is 0. The van der Waals surface area contributed by atoms with Gasteiger partial charge in [0.1, 0.15) is 6.54 Å². The molecule has 0 aromatic carbocycles. The minimum Gasteiger partial charge on any atom is -0.480 e. The molecule has 1 aliphatic rings. The van der Waals surface area contributed by atoms with Gasteiger partial charge in [-0.05, 0) is 6.92 Å². The largest absolute Gasteiger partial charge is 0.480 e. The van der Waals surface area contributed by atoms with Crippen molar-refractivity contribution < 1.29 is 24.6 Å². The summed E-state index contributed by atoms with van der Waals surface area (Å²) in [5, 5.41) is 20.1. The van der Waals surface area contributed by atoms with Crippen LogP contribution in [0.1, 0.15) is 6.92 Å². The second-order valence-electron chi connectivity index (χ2n) is 3.69. The lowest BCUT2D eigenvalue weighted by Crippen LogP contribution is -2.50. The van der Waals surface area contributed by atoms with E-state index in [-0.39, 0.29) is 12.5 Å². The second-order valence-corrected chi connectivity index (χ2v) is 4.65. The quantitative estimate of drug-likeness (QED) is 0.555. The van der Waals surface area contributed by atoms with Crippen LogP contribution >= 0.6 is 11.8 Å². The van der Waals surface area contributed by atoms with Crippen molar-refractivity contribution in [1.82, 2.24) is 10.2 Å². The van der Waals surface area contributed by atoms with Crippen LogP contribution in [0, 0.1) is 0 Å². The Balaban J connectivity index is 2.47. The van der Waals surface area contributed by atoms with Crippen molar-refractivity contribution in [3.05, 3.63) is 0 Å². The van der Waals surface area contributed by atoms with Crippen molar-refractivity contribution in [2.24, 2.45) is 0 Å². The molecule has 0 aromatic heterocycles. The number of nitrogens with one attached hydrogen (secondary N) is 1. The van der Waals surface area contributed by atoms with Gasteiger partial charge in [-0.25, -0.2) is 4.79 Å². The first-order valence-corrected chi connectivity index (χ1v) is 6.13. The van der Waals surface area contributed by atoms with Gasteiger partial charge in [-0.1, -0.05) is 0 Å². The second kappa shape index (κ2) is 5.87. The van der Waals surface area contributed by atoms with E-state index >= 15 is 0 Å². The predicted octanol–water partition coefficient (Wildman–Crippen LogP) is -1.53. The van der Waals surface area contributed by atoms with Gasteiger partial charge in [0, 0.05) is 0 Å². The molecule has 0 spiro atoms. The highest BCUT2D eigenvalue weighted by Gasteiger charge is 2.28. The molecule has 0 aromatic rings. The smallest absolute Gasteiger partial charge is 0.328 e. The number of aliphatic hydroxyl groups excluding tert-OH is 1. The summed E-state index contributed by atoms with van der Waals surface area (Å²) in [7, 11) is 0. The number of nitrogens with zero attached hydrogens (tertiary/aromatic N) is 1. The zero-order valence-electron chi connectivity index (χ0n) is 9.25. The molecule has 8 heteroatoms. The zero-order chi connectivity index (χ0) is 13.0. The van der Waals surface area contributed by atoms with E-state index in [0.29, 0.717) is 11.6 Å². The number of hydrogen-bond donors (Lipinski definition) is 3. The van der Waals surface area contributed by atoms with Crippen molar-refractivity contribution in [1.29, 1.82) is 0 Å². The summed E-state index contributed by atoms with van der Waals surface area (Å²) >= 11 is 1.39. The Labute approximate surface area is 102 Å². The summed E-state index contributed by atoms with van der Waals surface area (Å²) in [4.78, 5) is 34.8. The highest BCUT2D eigenvalue weighted by atomic mass is 32.2. The van der Waals surface area contributed by atoms with E-state index in [1.807, 2.05) is 0 Å². The van der Waals surface area contributed by atoms with E-state index in [2.05, 4.69) is 5.32 Å². The van der Waals surface area contributed by atoms with Crippen LogP contribution in [0.2, 0.25) is 0 Å². The summed E-state index contributed by atoms with van der Waals surface area (Å²) in [5.74, 6) is -1.27. The standard InChI is InChI=1S/C9H14N2O5S/c1-5(12)8(9(15)16)10-6(13)2-11-4-17-3-7(11)14/h5,8,12H,2-4H2,1H3,(H,10,13)(H,15,16). The fourth-order valence-electron chi connectivity index (χ4n) is 1.32. The van der Waals surface area contributed by atoms with Crippen molar-refractivity contribution in [2.75, 3.05) is 18.2 Å². The van der Waals surface area contributed by atoms with Crippen LogP contribution in [0.4, 0.5) is 0 Å². The summed E-state index contributed by atoms with van der Waals surface area (Å²) in [6.07, 6.45) is -1.19. The van der Waals surface area contributed by atoms with E-state index in [1.165, 1.54) is 23.6 Å². The molecule has 2 amide bonds. The third-order valence-electron chi connectivity index (χ3n) is 2.22. The molecule has 1 aliphatic heterocycles. The number of aliphatic hydroxyl groups is 1. The van der Waals surface area contributed by atoms with Gasteiger partial charge < -0.3 is 20.4 Å². The fraction of sp³-hybridized carbons (Fsp3) is 0.667. The van der Waals surface area contributed by atoms with Crippen molar-refractivity contribution >= 4 is 29.5 Å². The number of aliphatic carboxylic acids is 1. The molecule has 0 saturated carbocycles. The third-order valence-corrected chi connectivity index (χ3v) is 3.17. The Bertz CT molecular complexity index is 333. The van der Waals surface area contributed by atoms with Gasteiger partial charge in [-0.3, -0.25) is 9.59 Å². The number of hydrogen-bond acceptors (Lipinski definition) is 5. The Hall–Kier alpha value is -1.28. The van der Waals surface area contributed by atoms with Crippen LogP contribution in [0.3, 0.4) is 0 Å². The van der Waals surface area contributed by atoms with Gasteiger partial charge in [0.25, 0.3) is 0 Å². The predicted molar refractivity (Wildman–Crippen MR) is 60.3 cm³/mol. The molecular formula is C9H14N2O5S. The van der Waals surface area contributed by atoms with Gasteiger partial charge in [0.05, 0.1) is 17.7 Å². The van der Waals surface area contributed by atoms with E-state index in [1.54, 1.807) is 0 Å². The first-order valence-electron chi connectivity index (χ1n) is 4.97.